The van der Waals surface area contributed by atoms with Gasteiger partial charge in [0.2, 0.25) is 0 Å². The molecule has 21 heavy (non-hydrogen) atoms. The van der Waals surface area contributed by atoms with Crippen LogP contribution in [0.15, 0.2) is 34.8 Å². The van der Waals surface area contributed by atoms with Crippen molar-refractivity contribution in [3.63, 3.8) is 0 Å². The molecule has 0 fully saturated rings. The molecule has 2 rings (SSSR count). The van der Waals surface area contributed by atoms with Crippen molar-refractivity contribution in [3.05, 3.63) is 57.8 Å². The summed E-state index contributed by atoms with van der Waals surface area (Å²) in [5.74, 6) is -3.99. The highest BCUT2D eigenvalue weighted by Crippen LogP contribution is 2.33. The van der Waals surface area contributed by atoms with Crippen molar-refractivity contribution >= 4 is 21.6 Å². The Hall–Kier alpha value is -1.69. The first kappa shape index (κ1) is 15.7. The van der Waals surface area contributed by atoms with Crippen LogP contribution in [0.4, 0.5) is 18.9 Å². The Morgan fingerprint density at radius 2 is 1.86 bits per heavy atom. The van der Waals surface area contributed by atoms with Gasteiger partial charge in [0.25, 0.3) is 0 Å². The van der Waals surface area contributed by atoms with E-state index in [0.717, 1.165) is 16.6 Å². The van der Waals surface area contributed by atoms with Gasteiger partial charge in [-0.2, -0.15) is 0 Å². The highest BCUT2D eigenvalue weighted by molar-refractivity contribution is 9.10. The molecule has 0 bridgehead atoms. The Morgan fingerprint density at radius 1 is 1.14 bits per heavy atom. The molecule has 2 nitrogen and oxygen atoms in total. The number of rotatable bonds is 4. The molecular formula is C15H13BrF3NO. The standard InChI is InChI=1S/C15H13BrF3NO/c1-2-11(9-7-8(16)3-6-13(9)21)20-12-5-4-10(17)14(18)15(12)19/h3-7,11,20-21H,2H2,1H3. The Morgan fingerprint density at radius 3 is 2.52 bits per heavy atom. The van der Waals surface area contributed by atoms with Gasteiger partial charge < -0.3 is 10.4 Å². The van der Waals surface area contributed by atoms with E-state index in [0.29, 0.717) is 12.0 Å². The van der Waals surface area contributed by atoms with E-state index in [1.807, 2.05) is 6.92 Å². The lowest BCUT2D eigenvalue weighted by Crippen LogP contribution is -2.12. The van der Waals surface area contributed by atoms with E-state index in [2.05, 4.69) is 21.2 Å². The van der Waals surface area contributed by atoms with Crippen molar-refractivity contribution < 1.29 is 18.3 Å². The first-order valence-electron chi connectivity index (χ1n) is 6.32. The van der Waals surface area contributed by atoms with Crippen molar-refractivity contribution in [3.8, 4) is 5.75 Å². The maximum Gasteiger partial charge on any atom is 0.196 e. The smallest absolute Gasteiger partial charge is 0.196 e. The fourth-order valence-corrected chi connectivity index (χ4v) is 2.41. The molecule has 2 N–H and O–H groups in total. The number of anilines is 1. The third-order valence-electron chi connectivity index (χ3n) is 3.14. The van der Waals surface area contributed by atoms with E-state index < -0.39 is 23.5 Å². The lowest BCUT2D eigenvalue weighted by molar-refractivity contribution is 0.447. The van der Waals surface area contributed by atoms with Gasteiger partial charge in [0.15, 0.2) is 17.5 Å². The van der Waals surface area contributed by atoms with Crippen LogP contribution in [0.3, 0.4) is 0 Å². The molecule has 6 heteroatoms. The lowest BCUT2D eigenvalue weighted by atomic mass is 10.0. The molecule has 0 amide bonds. The third kappa shape index (κ3) is 3.32. The first-order chi connectivity index (χ1) is 9.93. The highest BCUT2D eigenvalue weighted by atomic mass is 79.9. The number of phenolic OH excluding ortho intramolecular Hbond substituents is 1. The summed E-state index contributed by atoms with van der Waals surface area (Å²) < 4.78 is 40.6. The molecule has 112 valence electrons. The molecule has 1 atom stereocenters. The summed E-state index contributed by atoms with van der Waals surface area (Å²) in [6, 6.07) is 6.41. The van der Waals surface area contributed by atoms with Gasteiger partial charge in [-0.1, -0.05) is 22.9 Å². The van der Waals surface area contributed by atoms with Crippen molar-refractivity contribution in [1.29, 1.82) is 0 Å². The predicted molar refractivity (Wildman–Crippen MR) is 78.8 cm³/mol. The Bertz CT molecular complexity index is 664. The minimum Gasteiger partial charge on any atom is -0.508 e. The number of halogens is 4. The molecule has 0 aromatic heterocycles. The summed E-state index contributed by atoms with van der Waals surface area (Å²) in [5.41, 5.74) is 0.385. The summed E-state index contributed by atoms with van der Waals surface area (Å²) in [6.45, 7) is 1.83. The van der Waals surface area contributed by atoms with Gasteiger partial charge in [-0.25, -0.2) is 13.2 Å². The highest BCUT2D eigenvalue weighted by Gasteiger charge is 2.19. The molecule has 0 radical (unpaired) electrons. The molecular weight excluding hydrogens is 347 g/mol. The Kier molecular flexibility index (Phi) is 4.77. The fraction of sp³-hybridized carbons (Fsp3) is 0.200. The predicted octanol–water partition coefficient (Wildman–Crippen LogP) is 5.14. The van der Waals surface area contributed by atoms with Crippen LogP contribution in [0, 0.1) is 17.5 Å². The van der Waals surface area contributed by atoms with Crippen LogP contribution in [0.1, 0.15) is 24.9 Å². The molecule has 2 aromatic rings. The van der Waals surface area contributed by atoms with Crippen molar-refractivity contribution in [1.82, 2.24) is 0 Å². The number of benzene rings is 2. The van der Waals surface area contributed by atoms with Crippen LogP contribution >= 0.6 is 15.9 Å². The van der Waals surface area contributed by atoms with Gasteiger partial charge in [-0.3, -0.25) is 0 Å². The second-order valence-electron chi connectivity index (χ2n) is 4.53. The SMILES string of the molecule is CCC(Nc1ccc(F)c(F)c1F)c1cc(Br)ccc1O. The molecule has 0 aliphatic rings. The largest absolute Gasteiger partial charge is 0.508 e. The fourth-order valence-electron chi connectivity index (χ4n) is 2.03. The molecule has 1 unspecified atom stereocenters. The minimum atomic E-state index is -1.52. The summed E-state index contributed by atoms with van der Waals surface area (Å²) >= 11 is 3.29. The number of aromatic hydroxyl groups is 1. The van der Waals surface area contributed by atoms with Crippen LogP contribution < -0.4 is 5.32 Å². The zero-order chi connectivity index (χ0) is 15.6. The van der Waals surface area contributed by atoms with Gasteiger partial charge in [-0.15, -0.1) is 0 Å². The average molecular weight is 360 g/mol. The summed E-state index contributed by atoms with van der Waals surface area (Å²) in [5, 5.41) is 12.7. The second kappa shape index (κ2) is 6.39. The van der Waals surface area contributed by atoms with Crippen molar-refractivity contribution in [2.75, 3.05) is 5.32 Å². The van der Waals surface area contributed by atoms with E-state index in [1.54, 1.807) is 12.1 Å². The Balaban J connectivity index is 2.36. The molecule has 0 aliphatic heterocycles. The van der Waals surface area contributed by atoms with E-state index in [1.165, 1.54) is 6.07 Å². The monoisotopic (exact) mass is 359 g/mol. The van der Waals surface area contributed by atoms with Crippen molar-refractivity contribution in [2.45, 2.75) is 19.4 Å². The zero-order valence-electron chi connectivity index (χ0n) is 11.1. The first-order valence-corrected chi connectivity index (χ1v) is 7.11. The van der Waals surface area contributed by atoms with Crippen LogP contribution in [0.5, 0.6) is 5.75 Å². The normalized spacial score (nSPS) is 12.2. The summed E-state index contributed by atoms with van der Waals surface area (Å²) in [4.78, 5) is 0. The van der Waals surface area contributed by atoms with Crippen LogP contribution in [0.2, 0.25) is 0 Å². The Labute approximate surface area is 128 Å². The quantitative estimate of drug-likeness (QED) is 0.741. The summed E-state index contributed by atoms with van der Waals surface area (Å²) in [7, 11) is 0. The second-order valence-corrected chi connectivity index (χ2v) is 5.45. The number of phenols is 1. The lowest BCUT2D eigenvalue weighted by Gasteiger charge is -2.20. The molecule has 0 spiro atoms. The van der Waals surface area contributed by atoms with Gasteiger partial charge >= 0.3 is 0 Å². The van der Waals surface area contributed by atoms with Gasteiger partial charge in [0.05, 0.1) is 11.7 Å². The maximum atomic E-state index is 13.7. The van der Waals surface area contributed by atoms with Crippen LogP contribution in [-0.2, 0) is 0 Å². The topological polar surface area (TPSA) is 32.3 Å². The van der Waals surface area contributed by atoms with E-state index in [4.69, 9.17) is 0 Å². The summed E-state index contributed by atoms with van der Waals surface area (Å²) in [6.07, 6.45) is 0.516. The number of hydrogen-bond donors (Lipinski definition) is 2. The molecule has 0 heterocycles. The van der Waals surface area contributed by atoms with Gasteiger partial charge in [-0.05, 0) is 36.8 Å². The van der Waals surface area contributed by atoms with Crippen molar-refractivity contribution in [2.24, 2.45) is 0 Å². The van der Waals surface area contributed by atoms with Gasteiger partial charge in [0, 0.05) is 10.0 Å². The molecule has 0 saturated heterocycles. The van der Waals surface area contributed by atoms with Crippen LogP contribution in [-0.4, -0.2) is 5.11 Å². The minimum absolute atomic E-state index is 0.0422. The zero-order valence-corrected chi connectivity index (χ0v) is 12.7. The number of hydrogen-bond acceptors (Lipinski definition) is 2. The maximum absolute atomic E-state index is 13.7. The van der Waals surface area contributed by atoms with Crippen LogP contribution in [0.25, 0.3) is 0 Å². The third-order valence-corrected chi connectivity index (χ3v) is 3.63. The number of nitrogens with one attached hydrogen (secondary N) is 1. The van der Waals surface area contributed by atoms with E-state index in [-0.39, 0.29) is 11.4 Å². The van der Waals surface area contributed by atoms with E-state index in [9.17, 15) is 18.3 Å². The average Bonchev–Trinajstić information content (AvgIpc) is 2.47. The molecule has 2 aromatic carbocycles. The molecule has 0 saturated carbocycles. The molecule has 0 aliphatic carbocycles. The van der Waals surface area contributed by atoms with E-state index >= 15 is 0 Å². The van der Waals surface area contributed by atoms with Gasteiger partial charge in [0.1, 0.15) is 5.75 Å².